The highest BCUT2D eigenvalue weighted by Crippen LogP contribution is 2.15. The van der Waals surface area contributed by atoms with Crippen molar-refractivity contribution in [2.45, 2.75) is 0 Å². The van der Waals surface area contributed by atoms with Gasteiger partial charge in [0.1, 0.15) is 25.4 Å². The molecular weight excluding hydrogens is 254 g/mol. The summed E-state index contributed by atoms with van der Waals surface area (Å²) in [6, 6.07) is 7.26. The molecule has 0 aromatic heterocycles. The highest BCUT2D eigenvalue weighted by molar-refractivity contribution is 6.30. The van der Waals surface area contributed by atoms with Crippen molar-refractivity contribution in [3.05, 3.63) is 29.3 Å². The summed E-state index contributed by atoms with van der Waals surface area (Å²) in [6.45, 7) is 3.63. The molecule has 0 fully saturated rings. The van der Waals surface area contributed by atoms with Crippen LogP contribution in [0, 0.1) is 0 Å². The summed E-state index contributed by atoms with van der Waals surface area (Å²) >= 11 is 5.77. The van der Waals surface area contributed by atoms with E-state index in [0.29, 0.717) is 24.8 Å². The van der Waals surface area contributed by atoms with E-state index in [1.165, 1.54) is 4.90 Å². The van der Waals surface area contributed by atoms with Crippen LogP contribution in [0.15, 0.2) is 24.3 Å². The standard InChI is InChI=1S/C13H20ClNO3/c1-15(6-8-16)7-9-17-10-11-18-13-4-2-12(14)3-5-13/h2-5,16H,6-11H2,1H3/p+1. The molecule has 1 aromatic rings. The van der Waals surface area contributed by atoms with Crippen LogP contribution in [0.25, 0.3) is 0 Å². The van der Waals surface area contributed by atoms with E-state index in [4.69, 9.17) is 26.2 Å². The first-order valence-corrected chi connectivity index (χ1v) is 6.48. The Morgan fingerprint density at radius 3 is 2.50 bits per heavy atom. The monoisotopic (exact) mass is 274 g/mol. The van der Waals surface area contributed by atoms with Crippen molar-refractivity contribution >= 4 is 11.6 Å². The molecule has 1 atom stereocenters. The van der Waals surface area contributed by atoms with E-state index >= 15 is 0 Å². The third-order valence-electron chi connectivity index (χ3n) is 2.52. The number of aliphatic hydroxyl groups is 1. The zero-order chi connectivity index (χ0) is 13.2. The molecule has 0 aliphatic carbocycles. The summed E-state index contributed by atoms with van der Waals surface area (Å²) in [7, 11) is 2.03. The van der Waals surface area contributed by atoms with Gasteiger partial charge in [0.15, 0.2) is 0 Å². The Labute approximate surface area is 113 Å². The number of ether oxygens (including phenoxy) is 2. The average molecular weight is 275 g/mol. The number of hydrogen-bond donors (Lipinski definition) is 2. The normalized spacial score (nSPS) is 12.4. The van der Waals surface area contributed by atoms with Crippen LogP contribution in [0.4, 0.5) is 0 Å². The van der Waals surface area contributed by atoms with E-state index in [2.05, 4.69) is 0 Å². The molecule has 0 saturated carbocycles. The van der Waals surface area contributed by atoms with E-state index in [-0.39, 0.29) is 6.61 Å². The van der Waals surface area contributed by atoms with Gasteiger partial charge in [-0.1, -0.05) is 11.6 Å². The van der Waals surface area contributed by atoms with Gasteiger partial charge in [-0.25, -0.2) is 0 Å². The third-order valence-corrected chi connectivity index (χ3v) is 2.77. The molecule has 1 unspecified atom stereocenters. The van der Waals surface area contributed by atoms with Crippen LogP contribution in [-0.4, -0.2) is 51.7 Å². The van der Waals surface area contributed by atoms with Gasteiger partial charge in [0, 0.05) is 5.02 Å². The summed E-state index contributed by atoms with van der Waals surface area (Å²) < 4.78 is 10.9. The number of quaternary nitrogens is 1. The molecule has 1 aromatic carbocycles. The number of likely N-dealkylation sites (N-methyl/N-ethyl adjacent to an activating group) is 1. The van der Waals surface area contributed by atoms with Crippen molar-refractivity contribution in [1.29, 1.82) is 0 Å². The molecule has 0 bridgehead atoms. The molecule has 0 aliphatic heterocycles. The number of hydrogen-bond acceptors (Lipinski definition) is 3. The highest BCUT2D eigenvalue weighted by atomic mass is 35.5. The maximum Gasteiger partial charge on any atom is 0.119 e. The van der Waals surface area contributed by atoms with E-state index in [0.717, 1.165) is 18.8 Å². The van der Waals surface area contributed by atoms with Gasteiger partial charge in [-0.15, -0.1) is 0 Å². The number of nitrogens with one attached hydrogen (secondary N) is 1. The molecule has 0 amide bonds. The van der Waals surface area contributed by atoms with Crippen LogP contribution < -0.4 is 9.64 Å². The first-order chi connectivity index (χ1) is 8.72. The van der Waals surface area contributed by atoms with Crippen molar-refractivity contribution in [1.82, 2.24) is 0 Å². The first kappa shape index (κ1) is 15.2. The number of rotatable bonds is 9. The fraction of sp³-hybridized carbons (Fsp3) is 0.538. The van der Waals surface area contributed by atoms with Gasteiger partial charge >= 0.3 is 0 Å². The largest absolute Gasteiger partial charge is 0.491 e. The summed E-state index contributed by atoms with van der Waals surface area (Å²) in [5, 5.41) is 9.43. The number of benzene rings is 1. The van der Waals surface area contributed by atoms with E-state index in [1.807, 2.05) is 19.2 Å². The van der Waals surface area contributed by atoms with Crippen LogP contribution in [0.3, 0.4) is 0 Å². The maximum absolute atomic E-state index is 8.73. The van der Waals surface area contributed by atoms with Crippen LogP contribution in [0.1, 0.15) is 0 Å². The Morgan fingerprint density at radius 2 is 1.83 bits per heavy atom. The topological polar surface area (TPSA) is 43.1 Å². The lowest BCUT2D eigenvalue weighted by molar-refractivity contribution is -0.880. The summed E-state index contributed by atoms with van der Waals surface area (Å²) in [5.74, 6) is 0.797. The number of halogens is 1. The van der Waals surface area contributed by atoms with Gasteiger partial charge in [0.2, 0.25) is 0 Å². The molecule has 2 N–H and O–H groups in total. The minimum Gasteiger partial charge on any atom is -0.491 e. The van der Waals surface area contributed by atoms with Crippen molar-refractivity contribution in [3.63, 3.8) is 0 Å². The molecule has 0 saturated heterocycles. The fourth-order valence-electron chi connectivity index (χ4n) is 1.41. The Hall–Kier alpha value is -0.810. The van der Waals surface area contributed by atoms with Gasteiger partial charge in [-0.3, -0.25) is 0 Å². The Kier molecular flexibility index (Phi) is 7.76. The molecule has 0 radical (unpaired) electrons. The maximum atomic E-state index is 8.73. The minimum atomic E-state index is 0.214. The Bertz CT molecular complexity index is 319. The quantitative estimate of drug-likeness (QED) is 0.634. The average Bonchev–Trinajstić information content (AvgIpc) is 2.36. The molecule has 4 nitrogen and oxygen atoms in total. The van der Waals surface area contributed by atoms with Gasteiger partial charge in [0.05, 0.1) is 26.9 Å². The Morgan fingerprint density at radius 1 is 1.11 bits per heavy atom. The van der Waals surface area contributed by atoms with E-state index in [9.17, 15) is 0 Å². The van der Waals surface area contributed by atoms with Gasteiger partial charge in [0.25, 0.3) is 0 Å². The van der Waals surface area contributed by atoms with Crippen molar-refractivity contribution in [2.75, 3.05) is 46.6 Å². The lowest BCUT2D eigenvalue weighted by atomic mass is 10.3. The van der Waals surface area contributed by atoms with Gasteiger partial charge in [-0.2, -0.15) is 0 Å². The lowest BCUT2D eigenvalue weighted by Gasteiger charge is -2.12. The molecule has 18 heavy (non-hydrogen) atoms. The molecule has 5 heteroatoms. The van der Waals surface area contributed by atoms with Crippen molar-refractivity contribution in [3.8, 4) is 5.75 Å². The van der Waals surface area contributed by atoms with Gasteiger partial charge in [-0.05, 0) is 24.3 Å². The summed E-state index contributed by atoms with van der Waals surface area (Å²) in [6.07, 6.45) is 0. The fourth-order valence-corrected chi connectivity index (χ4v) is 1.54. The first-order valence-electron chi connectivity index (χ1n) is 6.10. The van der Waals surface area contributed by atoms with E-state index < -0.39 is 0 Å². The van der Waals surface area contributed by atoms with Crippen molar-refractivity contribution in [2.24, 2.45) is 0 Å². The zero-order valence-corrected chi connectivity index (χ0v) is 11.4. The predicted octanol–water partition coefficient (Wildman–Crippen LogP) is 0.242. The number of aliphatic hydroxyl groups excluding tert-OH is 1. The zero-order valence-electron chi connectivity index (χ0n) is 10.7. The minimum absolute atomic E-state index is 0.214. The second-order valence-corrected chi connectivity index (χ2v) is 4.53. The summed E-state index contributed by atoms with van der Waals surface area (Å²) in [4.78, 5) is 1.26. The predicted molar refractivity (Wildman–Crippen MR) is 71.5 cm³/mol. The molecule has 0 heterocycles. The smallest absolute Gasteiger partial charge is 0.119 e. The summed E-state index contributed by atoms with van der Waals surface area (Å²) in [5.41, 5.74) is 0. The second kappa shape index (κ2) is 9.16. The van der Waals surface area contributed by atoms with Crippen LogP contribution in [-0.2, 0) is 4.74 Å². The Balaban J connectivity index is 2.00. The lowest BCUT2D eigenvalue weighted by Crippen LogP contribution is -3.10. The van der Waals surface area contributed by atoms with E-state index in [1.54, 1.807) is 12.1 Å². The third kappa shape index (κ3) is 6.81. The molecule has 102 valence electrons. The molecular formula is C13H21ClNO3+. The highest BCUT2D eigenvalue weighted by Gasteiger charge is 2.00. The molecule has 1 rings (SSSR count). The van der Waals surface area contributed by atoms with Crippen LogP contribution >= 0.6 is 11.6 Å². The molecule has 0 aliphatic rings. The van der Waals surface area contributed by atoms with Crippen molar-refractivity contribution < 1.29 is 19.5 Å². The van der Waals surface area contributed by atoms with Crippen LogP contribution in [0.2, 0.25) is 5.02 Å². The molecule has 0 spiro atoms. The van der Waals surface area contributed by atoms with Crippen LogP contribution in [0.5, 0.6) is 5.75 Å². The second-order valence-electron chi connectivity index (χ2n) is 4.10. The SMILES string of the molecule is C[NH+](CCO)CCOCCOc1ccc(Cl)cc1. The van der Waals surface area contributed by atoms with Gasteiger partial charge < -0.3 is 19.5 Å².